The molecule has 0 aromatic heterocycles. The van der Waals surface area contributed by atoms with Crippen LogP contribution in [0.15, 0.2) is 0 Å². The van der Waals surface area contributed by atoms with Gasteiger partial charge >= 0.3 is 0 Å². The molecule has 0 bridgehead atoms. The predicted molar refractivity (Wildman–Crippen MR) is 84.8 cm³/mol. The van der Waals surface area contributed by atoms with Crippen LogP contribution in [0.3, 0.4) is 0 Å². The molecule has 0 saturated heterocycles. The van der Waals surface area contributed by atoms with Gasteiger partial charge in [-0.25, -0.2) is 0 Å². The molecule has 0 aromatic carbocycles. The molecule has 0 spiro atoms. The predicted octanol–water partition coefficient (Wildman–Crippen LogP) is 3.52. The first-order valence-corrected chi connectivity index (χ1v) is 9.71. The van der Waals surface area contributed by atoms with Crippen molar-refractivity contribution >= 4 is 10.1 Å². The average Bonchev–Trinajstić information content (AvgIpc) is 2.42. The lowest BCUT2D eigenvalue weighted by Gasteiger charge is -2.13. The van der Waals surface area contributed by atoms with Gasteiger partial charge in [-0.05, 0) is 6.42 Å². The minimum Gasteiger partial charge on any atom is -0.396 e. The maximum Gasteiger partial charge on any atom is 0.292 e. The lowest BCUT2D eigenvalue weighted by Crippen LogP contribution is -2.25. The number of ether oxygens (including phenoxy) is 1. The van der Waals surface area contributed by atoms with Crippen LogP contribution in [0.1, 0.15) is 77.6 Å². The van der Waals surface area contributed by atoms with E-state index in [1.165, 1.54) is 44.9 Å². The van der Waals surface area contributed by atoms with Crippen molar-refractivity contribution in [2.75, 3.05) is 13.2 Å². The summed E-state index contributed by atoms with van der Waals surface area (Å²) >= 11 is 0. The molecule has 0 amide bonds. The van der Waals surface area contributed by atoms with Crippen molar-refractivity contribution < 1.29 is 22.8 Å². The normalized spacial score (nSPS) is 13.5. The SMILES string of the molecule is CCCCCCCCCCCCOC(CCO)S(=O)(=O)O. The van der Waals surface area contributed by atoms with Crippen LogP contribution >= 0.6 is 0 Å². The zero-order chi connectivity index (χ0) is 16.0. The van der Waals surface area contributed by atoms with Crippen molar-refractivity contribution in [3.63, 3.8) is 0 Å². The highest BCUT2D eigenvalue weighted by atomic mass is 32.2. The maximum atomic E-state index is 11.0. The van der Waals surface area contributed by atoms with Crippen LogP contribution in [-0.2, 0) is 14.9 Å². The van der Waals surface area contributed by atoms with Crippen LogP contribution in [0.4, 0.5) is 0 Å². The molecule has 0 saturated carbocycles. The summed E-state index contributed by atoms with van der Waals surface area (Å²) in [7, 11) is -4.22. The highest BCUT2D eigenvalue weighted by molar-refractivity contribution is 7.86. The Kier molecular flexibility index (Phi) is 13.4. The summed E-state index contributed by atoms with van der Waals surface area (Å²) in [5.74, 6) is 0. The summed E-state index contributed by atoms with van der Waals surface area (Å²) in [6.45, 7) is 2.21. The molecule has 0 aliphatic rings. The largest absolute Gasteiger partial charge is 0.396 e. The minimum atomic E-state index is -4.22. The monoisotopic (exact) mass is 324 g/mol. The van der Waals surface area contributed by atoms with Crippen LogP contribution in [0.5, 0.6) is 0 Å². The van der Waals surface area contributed by atoms with E-state index < -0.39 is 15.6 Å². The Balaban J connectivity index is 3.42. The second-order valence-electron chi connectivity index (χ2n) is 5.51. The van der Waals surface area contributed by atoms with Gasteiger partial charge in [0, 0.05) is 19.6 Å². The fraction of sp³-hybridized carbons (Fsp3) is 1.00. The average molecular weight is 324 g/mol. The Morgan fingerprint density at radius 1 is 0.905 bits per heavy atom. The van der Waals surface area contributed by atoms with Crippen LogP contribution in [0, 0.1) is 0 Å². The number of unbranched alkanes of at least 4 members (excludes halogenated alkanes) is 9. The van der Waals surface area contributed by atoms with E-state index in [-0.39, 0.29) is 13.0 Å². The molecule has 0 aliphatic heterocycles. The van der Waals surface area contributed by atoms with Crippen molar-refractivity contribution in [3.8, 4) is 0 Å². The van der Waals surface area contributed by atoms with Gasteiger partial charge in [-0.3, -0.25) is 4.55 Å². The van der Waals surface area contributed by atoms with Gasteiger partial charge < -0.3 is 9.84 Å². The Labute approximate surface area is 129 Å². The van der Waals surface area contributed by atoms with Gasteiger partial charge in [-0.1, -0.05) is 64.7 Å². The molecule has 0 rings (SSSR count). The molecule has 0 aliphatic carbocycles. The van der Waals surface area contributed by atoms with Gasteiger partial charge in [-0.2, -0.15) is 8.42 Å². The standard InChI is InChI=1S/C15H32O5S/c1-2-3-4-5-6-7-8-9-10-11-14-20-15(12-13-16)21(17,18)19/h15-16H,2-14H2,1H3,(H,17,18,19). The summed E-state index contributed by atoms with van der Waals surface area (Å²) in [5, 5.41) is 8.72. The van der Waals surface area contributed by atoms with E-state index in [2.05, 4.69) is 6.92 Å². The summed E-state index contributed by atoms with van der Waals surface area (Å²) in [6, 6.07) is 0. The number of hydrogen-bond donors (Lipinski definition) is 2. The summed E-state index contributed by atoms with van der Waals surface area (Å²) < 4.78 is 35.9. The van der Waals surface area contributed by atoms with Crippen molar-refractivity contribution in [1.29, 1.82) is 0 Å². The van der Waals surface area contributed by atoms with Crippen LogP contribution in [0.25, 0.3) is 0 Å². The molecule has 1 atom stereocenters. The molecule has 1 unspecified atom stereocenters. The molecular weight excluding hydrogens is 292 g/mol. The molecule has 0 aromatic rings. The Morgan fingerprint density at radius 2 is 1.38 bits per heavy atom. The summed E-state index contributed by atoms with van der Waals surface area (Å²) in [5.41, 5.74) is -1.29. The Morgan fingerprint density at radius 3 is 1.81 bits per heavy atom. The fourth-order valence-corrected chi connectivity index (χ4v) is 2.90. The van der Waals surface area contributed by atoms with Gasteiger partial charge in [0.05, 0.1) is 0 Å². The van der Waals surface area contributed by atoms with E-state index >= 15 is 0 Å². The van der Waals surface area contributed by atoms with E-state index in [0.29, 0.717) is 6.61 Å². The second-order valence-corrected chi connectivity index (χ2v) is 7.07. The van der Waals surface area contributed by atoms with Crippen molar-refractivity contribution in [1.82, 2.24) is 0 Å². The smallest absolute Gasteiger partial charge is 0.292 e. The molecule has 0 radical (unpaired) electrons. The second kappa shape index (κ2) is 13.5. The quantitative estimate of drug-likeness (QED) is 0.356. The highest BCUT2D eigenvalue weighted by Crippen LogP contribution is 2.12. The maximum absolute atomic E-state index is 11.0. The van der Waals surface area contributed by atoms with Crippen molar-refractivity contribution in [3.05, 3.63) is 0 Å². The Bertz CT molecular complexity index is 316. The molecule has 6 heteroatoms. The van der Waals surface area contributed by atoms with Gasteiger partial charge in [-0.15, -0.1) is 0 Å². The molecule has 2 N–H and O–H groups in total. The molecule has 128 valence electrons. The van der Waals surface area contributed by atoms with Gasteiger partial charge in [0.1, 0.15) is 0 Å². The first-order chi connectivity index (χ1) is 10.0. The molecule has 0 heterocycles. The van der Waals surface area contributed by atoms with Crippen LogP contribution in [0.2, 0.25) is 0 Å². The van der Waals surface area contributed by atoms with E-state index in [0.717, 1.165) is 19.3 Å². The van der Waals surface area contributed by atoms with Gasteiger partial charge in [0.25, 0.3) is 10.1 Å². The van der Waals surface area contributed by atoms with E-state index in [4.69, 9.17) is 14.4 Å². The molecule has 21 heavy (non-hydrogen) atoms. The van der Waals surface area contributed by atoms with Gasteiger partial charge in [0.2, 0.25) is 0 Å². The van der Waals surface area contributed by atoms with E-state index in [9.17, 15) is 8.42 Å². The number of aliphatic hydroxyl groups excluding tert-OH is 1. The highest BCUT2D eigenvalue weighted by Gasteiger charge is 2.22. The number of aliphatic hydroxyl groups is 1. The van der Waals surface area contributed by atoms with Crippen LogP contribution in [-0.4, -0.2) is 36.7 Å². The van der Waals surface area contributed by atoms with E-state index in [1.807, 2.05) is 0 Å². The van der Waals surface area contributed by atoms with Crippen molar-refractivity contribution in [2.24, 2.45) is 0 Å². The number of hydrogen-bond acceptors (Lipinski definition) is 4. The minimum absolute atomic E-state index is 0.0867. The zero-order valence-electron chi connectivity index (χ0n) is 13.3. The lowest BCUT2D eigenvalue weighted by molar-refractivity contribution is 0.0769. The zero-order valence-corrected chi connectivity index (χ0v) is 14.1. The first-order valence-electron chi connectivity index (χ1n) is 8.21. The number of rotatable bonds is 15. The third kappa shape index (κ3) is 13.2. The van der Waals surface area contributed by atoms with E-state index in [1.54, 1.807) is 0 Å². The molecule has 5 nitrogen and oxygen atoms in total. The van der Waals surface area contributed by atoms with Crippen LogP contribution < -0.4 is 0 Å². The summed E-state index contributed by atoms with van der Waals surface area (Å²) in [4.78, 5) is 0. The lowest BCUT2D eigenvalue weighted by atomic mass is 10.1. The fourth-order valence-electron chi connectivity index (χ4n) is 2.23. The first kappa shape index (κ1) is 20.8. The Hall–Kier alpha value is -0.170. The third-order valence-corrected chi connectivity index (χ3v) is 4.53. The third-order valence-electron chi connectivity index (χ3n) is 3.50. The topological polar surface area (TPSA) is 83.8 Å². The molecule has 0 fully saturated rings. The summed E-state index contributed by atoms with van der Waals surface area (Å²) in [6.07, 6.45) is 11.9. The van der Waals surface area contributed by atoms with Crippen molar-refractivity contribution in [2.45, 2.75) is 83.0 Å². The van der Waals surface area contributed by atoms with Gasteiger partial charge in [0.15, 0.2) is 5.44 Å². The molecular formula is C15H32O5S.